The molecule has 3 N–H and O–H groups in total. The number of anilines is 1. The fourth-order valence-electron chi connectivity index (χ4n) is 3.09. The molecule has 2 heterocycles. The van der Waals surface area contributed by atoms with Crippen molar-refractivity contribution in [3.63, 3.8) is 0 Å². The number of rotatable bonds is 6. The minimum Gasteiger partial charge on any atom is -0.320 e. The van der Waals surface area contributed by atoms with Crippen LogP contribution in [0, 0.1) is 5.92 Å². The Labute approximate surface area is 177 Å². The van der Waals surface area contributed by atoms with Gasteiger partial charge in [0.05, 0.1) is 11.7 Å². The normalized spacial score (nSPS) is 14.7. The molecule has 1 aliphatic heterocycles. The van der Waals surface area contributed by atoms with Crippen molar-refractivity contribution in [2.24, 2.45) is 11.7 Å². The van der Waals surface area contributed by atoms with Gasteiger partial charge in [-0.25, -0.2) is 4.98 Å². The van der Waals surface area contributed by atoms with Crippen LogP contribution in [0.5, 0.6) is 0 Å². The molecule has 0 aliphatic carbocycles. The average Bonchev–Trinajstić information content (AvgIpc) is 2.96. The Hall–Kier alpha value is -1.18. The molecule has 0 saturated heterocycles. The zero-order valence-corrected chi connectivity index (χ0v) is 18.1. The molecular weight excluding hydrogens is 403 g/mol. The van der Waals surface area contributed by atoms with E-state index in [0.717, 1.165) is 31.7 Å². The van der Waals surface area contributed by atoms with E-state index >= 15 is 0 Å². The third-order valence-electron chi connectivity index (χ3n) is 4.35. The van der Waals surface area contributed by atoms with Crippen molar-refractivity contribution >= 4 is 47.2 Å². The van der Waals surface area contributed by atoms with E-state index in [1.54, 1.807) is 11.3 Å². The summed E-state index contributed by atoms with van der Waals surface area (Å²) in [4.78, 5) is 20.5. The van der Waals surface area contributed by atoms with E-state index in [1.165, 1.54) is 10.4 Å². The van der Waals surface area contributed by atoms with Crippen molar-refractivity contribution in [2.75, 3.05) is 11.9 Å². The van der Waals surface area contributed by atoms with Crippen molar-refractivity contribution in [2.45, 2.75) is 45.8 Å². The lowest BCUT2D eigenvalue weighted by Gasteiger charge is -2.25. The van der Waals surface area contributed by atoms with Crippen LogP contribution in [-0.4, -0.2) is 28.4 Å². The van der Waals surface area contributed by atoms with Crippen LogP contribution < -0.4 is 11.1 Å². The second-order valence-electron chi connectivity index (χ2n) is 7.06. The SMILES string of the molecule is CC(C)C[C@H](N)C(=O)Nc1nc2c(s1)CN(Cc1ccccc1)CC2.Cl.Cl. The van der Waals surface area contributed by atoms with Gasteiger partial charge in [-0.05, 0) is 17.9 Å². The number of aromatic nitrogens is 1. The van der Waals surface area contributed by atoms with E-state index in [-0.39, 0.29) is 30.7 Å². The fourth-order valence-corrected chi connectivity index (χ4v) is 4.14. The number of fused-ring (bicyclic) bond motifs is 1. The monoisotopic (exact) mass is 430 g/mol. The van der Waals surface area contributed by atoms with Gasteiger partial charge >= 0.3 is 0 Å². The van der Waals surface area contributed by atoms with E-state index in [4.69, 9.17) is 5.73 Å². The molecule has 0 saturated carbocycles. The highest BCUT2D eigenvalue weighted by Gasteiger charge is 2.22. The number of carbonyl (C=O) groups excluding carboxylic acids is 1. The molecule has 150 valence electrons. The van der Waals surface area contributed by atoms with E-state index in [0.29, 0.717) is 17.5 Å². The molecule has 8 heteroatoms. The largest absolute Gasteiger partial charge is 0.320 e. The molecule has 0 fully saturated rings. The summed E-state index contributed by atoms with van der Waals surface area (Å²) >= 11 is 1.57. The molecule has 0 bridgehead atoms. The third kappa shape index (κ3) is 6.73. The molecule has 3 rings (SSSR count). The molecule has 0 spiro atoms. The number of carbonyl (C=O) groups is 1. The van der Waals surface area contributed by atoms with Gasteiger partial charge in [-0.1, -0.05) is 44.2 Å². The smallest absolute Gasteiger partial charge is 0.243 e. The van der Waals surface area contributed by atoms with Crippen LogP contribution >= 0.6 is 36.2 Å². The lowest BCUT2D eigenvalue weighted by molar-refractivity contribution is -0.117. The minimum absolute atomic E-state index is 0. The van der Waals surface area contributed by atoms with E-state index in [1.807, 2.05) is 6.07 Å². The summed E-state index contributed by atoms with van der Waals surface area (Å²) in [5.41, 5.74) is 8.39. The summed E-state index contributed by atoms with van der Waals surface area (Å²) in [6.07, 6.45) is 1.61. The topological polar surface area (TPSA) is 71.2 Å². The molecule has 1 aliphatic rings. The van der Waals surface area contributed by atoms with Gasteiger partial charge in [-0.3, -0.25) is 9.69 Å². The van der Waals surface area contributed by atoms with Gasteiger partial charge in [0, 0.05) is 30.9 Å². The molecule has 2 aromatic rings. The number of nitrogens with one attached hydrogen (secondary N) is 1. The number of halogens is 2. The standard InChI is InChI=1S/C19H26N4OS.2ClH/c1-13(2)10-15(20)18(24)22-19-21-16-8-9-23(12-17(16)25-19)11-14-6-4-3-5-7-14;;/h3-7,13,15H,8-12,20H2,1-2H3,(H,21,22,24);2*1H/t15-;;/m0../s1. The first-order valence-electron chi connectivity index (χ1n) is 8.82. The number of nitrogens with two attached hydrogens (primary N) is 1. The lowest BCUT2D eigenvalue weighted by atomic mass is 10.0. The van der Waals surface area contributed by atoms with Crippen molar-refractivity contribution < 1.29 is 4.79 Å². The number of thiazole rings is 1. The molecule has 1 atom stereocenters. The quantitative estimate of drug-likeness (QED) is 0.729. The molecule has 27 heavy (non-hydrogen) atoms. The number of amides is 1. The maximum absolute atomic E-state index is 12.2. The fraction of sp³-hybridized carbons (Fsp3) is 0.474. The summed E-state index contributed by atoms with van der Waals surface area (Å²) < 4.78 is 0. The zero-order chi connectivity index (χ0) is 17.8. The van der Waals surface area contributed by atoms with Crippen molar-refractivity contribution in [3.8, 4) is 0 Å². The van der Waals surface area contributed by atoms with Gasteiger partial charge in [-0.15, -0.1) is 36.2 Å². The highest BCUT2D eigenvalue weighted by atomic mass is 35.5. The van der Waals surface area contributed by atoms with Gasteiger partial charge in [-0.2, -0.15) is 0 Å². The maximum atomic E-state index is 12.2. The molecule has 1 aromatic carbocycles. The maximum Gasteiger partial charge on any atom is 0.243 e. The second-order valence-corrected chi connectivity index (χ2v) is 8.14. The number of benzene rings is 1. The minimum atomic E-state index is -0.476. The van der Waals surface area contributed by atoms with Gasteiger partial charge in [0.15, 0.2) is 5.13 Å². The lowest BCUT2D eigenvalue weighted by Crippen LogP contribution is -2.36. The summed E-state index contributed by atoms with van der Waals surface area (Å²) in [7, 11) is 0. The number of hydrogen-bond acceptors (Lipinski definition) is 5. The van der Waals surface area contributed by atoms with Crippen LogP contribution in [0.1, 0.15) is 36.4 Å². The highest BCUT2D eigenvalue weighted by molar-refractivity contribution is 7.15. The summed E-state index contributed by atoms with van der Waals surface area (Å²) in [6.45, 7) is 6.95. The average molecular weight is 431 g/mol. The van der Waals surface area contributed by atoms with Crippen molar-refractivity contribution in [1.82, 2.24) is 9.88 Å². The highest BCUT2D eigenvalue weighted by Crippen LogP contribution is 2.29. The third-order valence-corrected chi connectivity index (χ3v) is 5.35. The second kappa shape index (κ2) is 11.0. The molecule has 0 radical (unpaired) electrons. The molecule has 1 amide bonds. The Morgan fingerprint density at radius 3 is 2.67 bits per heavy atom. The van der Waals surface area contributed by atoms with Crippen LogP contribution in [0.2, 0.25) is 0 Å². The predicted octanol–water partition coefficient (Wildman–Crippen LogP) is 3.86. The molecular formula is C19H28Cl2N4OS. The Morgan fingerprint density at radius 2 is 2.00 bits per heavy atom. The Balaban J connectivity index is 0.00000182. The Morgan fingerprint density at radius 1 is 1.30 bits per heavy atom. The Kier molecular flexibility index (Phi) is 9.70. The molecule has 5 nitrogen and oxygen atoms in total. The first-order valence-corrected chi connectivity index (χ1v) is 9.64. The summed E-state index contributed by atoms with van der Waals surface area (Å²) in [6, 6.07) is 10.0. The predicted molar refractivity (Wildman–Crippen MR) is 117 cm³/mol. The van der Waals surface area contributed by atoms with Gasteiger partial charge in [0.25, 0.3) is 0 Å². The first kappa shape index (κ1) is 23.9. The molecule has 1 aromatic heterocycles. The molecule has 0 unspecified atom stereocenters. The zero-order valence-electron chi connectivity index (χ0n) is 15.7. The van der Waals surface area contributed by atoms with E-state index in [2.05, 4.69) is 53.3 Å². The van der Waals surface area contributed by atoms with Gasteiger partial charge < -0.3 is 11.1 Å². The van der Waals surface area contributed by atoms with Crippen molar-refractivity contribution in [3.05, 3.63) is 46.5 Å². The van der Waals surface area contributed by atoms with E-state index in [9.17, 15) is 4.79 Å². The number of nitrogens with zero attached hydrogens (tertiary/aromatic N) is 2. The van der Waals surface area contributed by atoms with Crippen LogP contribution in [-0.2, 0) is 24.3 Å². The summed E-state index contributed by atoms with van der Waals surface area (Å²) in [5.74, 6) is 0.262. The van der Waals surface area contributed by atoms with E-state index < -0.39 is 6.04 Å². The Bertz CT molecular complexity index is 724. The van der Waals surface area contributed by atoms with Crippen molar-refractivity contribution in [1.29, 1.82) is 0 Å². The first-order chi connectivity index (χ1) is 12.0. The van der Waals surface area contributed by atoms with Crippen LogP contribution in [0.15, 0.2) is 30.3 Å². The van der Waals surface area contributed by atoms with Gasteiger partial charge in [0.1, 0.15) is 0 Å². The van der Waals surface area contributed by atoms with Crippen LogP contribution in [0.3, 0.4) is 0 Å². The van der Waals surface area contributed by atoms with Gasteiger partial charge in [0.2, 0.25) is 5.91 Å². The van der Waals surface area contributed by atoms with Crippen LogP contribution in [0.25, 0.3) is 0 Å². The summed E-state index contributed by atoms with van der Waals surface area (Å²) in [5, 5.41) is 3.57. The van der Waals surface area contributed by atoms with Crippen LogP contribution in [0.4, 0.5) is 5.13 Å². The number of hydrogen-bond donors (Lipinski definition) is 2.